The number of aromatic carboxylic acids is 2. The first-order valence-corrected chi connectivity index (χ1v) is 7.84. The summed E-state index contributed by atoms with van der Waals surface area (Å²) in [6.45, 7) is 0. The van der Waals surface area contributed by atoms with E-state index in [1.807, 2.05) is 0 Å². The molecule has 0 atom stereocenters. The van der Waals surface area contributed by atoms with Gasteiger partial charge in [-0.3, -0.25) is 0 Å². The summed E-state index contributed by atoms with van der Waals surface area (Å²) in [5.74, 6) is -3.44. The Labute approximate surface area is 126 Å². The molecule has 0 heterocycles. The third kappa shape index (κ3) is 3.15. The van der Waals surface area contributed by atoms with Gasteiger partial charge in [0.2, 0.25) is 0 Å². The van der Waals surface area contributed by atoms with E-state index >= 15 is 0 Å². The number of sulfone groups is 1. The lowest BCUT2D eigenvalue weighted by Crippen LogP contribution is -2.14. The van der Waals surface area contributed by atoms with Crippen molar-refractivity contribution in [1.29, 1.82) is 0 Å². The Bertz CT molecular complexity index is 792. The van der Waals surface area contributed by atoms with Crippen LogP contribution in [0, 0.1) is 0 Å². The lowest BCUT2D eigenvalue weighted by atomic mass is 10.0. The second kappa shape index (κ2) is 5.98. The van der Waals surface area contributed by atoms with Gasteiger partial charge in [-0.1, -0.05) is 24.3 Å². The monoisotopic (exact) mass is 320 g/mol. The summed E-state index contributed by atoms with van der Waals surface area (Å²) in [5.41, 5.74) is -0.898. The summed E-state index contributed by atoms with van der Waals surface area (Å²) in [6, 6.07) is 11.1. The molecule has 0 amide bonds. The van der Waals surface area contributed by atoms with E-state index in [0.717, 1.165) is 0 Å². The van der Waals surface area contributed by atoms with E-state index in [4.69, 9.17) is 10.2 Å². The highest BCUT2D eigenvalue weighted by Gasteiger charge is 2.24. The highest BCUT2D eigenvalue weighted by Crippen LogP contribution is 2.22. The van der Waals surface area contributed by atoms with Gasteiger partial charge in [0, 0.05) is 0 Å². The first-order valence-electron chi connectivity index (χ1n) is 6.19. The van der Waals surface area contributed by atoms with E-state index in [-0.39, 0.29) is 21.6 Å². The van der Waals surface area contributed by atoms with Crippen LogP contribution in [0.1, 0.15) is 26.3 Å². The number of hydrogen-bond acceptors (Lipinski definition) is 4. The van der Waals surface area contributed by atoms with Crippen molar-refractivity contribution < 1.29 is 28.2 Å². The molecule has 0 radical (unpaired) electrons. The minimum absolute atomic E-state index is 0.00605. The molecule has 0 aliphatic heterocycles. The molecular weight excluding hydrogens is 308 g/mol. The molecule has 0 bridgehead atoms. The van der Waals surface area contributed by atoms with Crippen molar-refractivity contribution >= 4 is 21.8 Å². The average molecular weight is 320 g/mol. The molecule has 0 aromatic heterocycles. The number of carboxylic acids is 2. The highest BCUT2D eigenvalue weighted by molar-refractivity contribution is 7.90. The van der Waals surface area contributed by atoms with Crippen LogP contribution >= 0.6 is 0 Å². The molecule has 0 unspecified atom stereocenters. The number of rotatable bonds is 5. The van der Waals surface area contributed by atoms with Gasteiger partial charge in [-0.2, -0.15) is 0 Å². The molecule has 2 aromatic rings. The van der Waals surface area contributed by atoms with Crippen molar-refractivity contribution in [2.24, 2.45) is 0 Å². The van der Waals surface area contributed by atoms with Gasteiger partial charge in [0.05, 0.1) is 21.8 Å². The average Bonchev–Trinajstić information content (AvgIpc) is 2.47. The Morgan fingerprint density at radius 3 is 1.77 bits per heavy atom. The van der Waals surface area contributed by atoms with Gasteiger partial charge in [0.1, 0.15) is 0 Å². The molecule has 6 nitrogen and oxygen atoms in total. The zero-order valence-corrected chi connectivity index (χ0v) is 12.1. The van der Waals surface area contributed by atoms with E-state index in [0.29, 0.717) is 0 Å². The van der Waals surface area contributed by atoms with Crippen LogP contribution in [-0.2, 0) is 15.6 Å². The van der Waals surface area contributed by atoms with Crippen LogP contribution in [0.2, 0.25) is 0 Å². The van der Waals surface area contributed by atoms with E-state index in [9.17, 15) is 18.0 Å². The number of carbonyl (C=O) groups is 2. The predicted molar refractivity (Wildman–Crippen MR) is 77.7 cm³/mol. The van der Waals surface area contributed by atoms with Crippen LogP contribution < -0.4 is 0 Å². The number of carboxylic acid groups (broad SMARTS) is 2. The van der Waals surface area contributed by atoms with Crippen molar-refractivity contribution in [2.45, 2.75) is 10.6 Å². The Hall–Kier alpha value is -2.67. The summed E-state index contributed by atoms with van der Waals surface area (Å²) in [6.07, 6.45) is 0. The van der Waals surface area contributed by atoms with Gasteiger partial charge in [0.25, 0.3) is 0 Å². The molecule has 2 N–H and O–H groups in total. The Balaban J connectivity index is 2.58. The third-order valence-electron chi connectivity index (χ3n) is 3.07. The van der Waals surface area contributed by atoms with Crippen molar-refractivity contribution in [3.8, 4) is 0 Å². The van der Waals surface area contributed by atoms with Crippen LogP contribution in [0.3, 0.4) is 0 Å². The number of hydrogen-bond donors (Lipinski definition) is 2. The summed E-state index contributed by atoms with van der Waals surface area (Å²) >= 11 is 0. The fraction of sp³-hybridized carbons (Fsp3) is 0.0667. The molecule has 7 heteroatoms. The fourth-order valence-corrected chi connectivity index (χ4v) is 3.47. The zero-order valence-electron chi connectivity index (χ0n) is 11.3. The minimum Gasteiger partial charge on any atom is -0.478 e. The van der Waals surface area contributed by atoms with Crippen LogP contribution in [0.4, 0.5) is 0 Å². The van der Waals surface area contributed by atoms with Crippen LogP contribution in [0.5, 0.6) is 0 Å². The molecule has 2 rings (SSSR count). The second-order valence-electron chi connectivity index (χ2n) is 4.51. The van der Waals surface area contributed by atoms with Crippen molar-refractivity contribution in [2.75, 3.05) is 0 Å². The first kappa shape index (κ1) is 15.7. The molecule has 0 spiro atoms. The second-order valence-corrected chi connectivity index (χ2v) is 6.50. The number of benzene rings is 2. The summed E-state index contributed by atoms with van der Waals surface area (Å²) in [7, 11) is -3.85. The molecule has 22 heavy (non-hydrogen) atoms. The SMILES string of the molecule is O=C(O)c1cccc(C(=O)O)c1CS(=O)(=O)c1ccccc1. The van der Waals surface area contributed by atoms with Gasteiger partial charge >= 0.3 is 11.9 Å². The Morgan fingerprint density at radius 1 is 0.818 bits per heavy atom. The molecular formula is C15H12O6S. The lowest BCUT2D eigenvalue weighted by molar-refractivity contribution is 0.0696. The van der Waals surface area contributed by atoms with Crippen LogP contribution in [0.25, 0.3) is 0 Å². The van der Waals surface area contributed by atoms with E-state index in [2.05, 4.69) is 0 Å². The predicted octanol–water partition coefficient (Wildman–Crippen LogP) is 2.06. The van der Waals surface area contributed by atoms with Gasteiger partial charge in [-0.25, -0.2) is 18.0 Å². The first-order chi connectivity index (χ1) is 10.3. The maximum Gasteiger partial charge on any atom is 0.336 e. The zero-order chi connectivity index (χ0) is 16.3. The maximum atomic E-state index is 12.4. The van der Waals surface area contributed by atoms with Crippen LogP contribution in [-0.4, -0.2) is 30.6 Å². The molecule has 2 aromatic carbocycles. The Kier molecular flexibility index (Phi) is 4.27. The standard InChI is InChI=1S/C15H12O6S/c16-14(17)11-7-4-8-12(15(18)19)13(11)9-22(20,21)10-5-2-1-3-6-10/h1-8H,9H2,(H,16,17)(H,18,19). The molecule has 0 aliphatic rings. The molecule has 114 valence electrons. The topological polar surface area (TPSA) is 109 Å². The van der Waals surface area contributed by atoms with Gasteiger partial charge in [-0.15, -0.1) is 0 Å². The van der Waals surface area contributed by atoms with Gasteiger partial charge < -0.3 is 10.2 Å². The van der Waals surface area contributed by atoms with Gasteiger partial charge in [-0.05, 0) is 29.8 Å². The molecule has 0 saturated carbocycles. The van der Waals surface area contributed by atoms with Crippen molar-refractivity contribution in [1.82, 2.24) is 0 Å². The van der Waals surface area contributed by atoms with E-state index in [1.54, 1.807) is 6.07 Å². The van der Waals surface area contributed by atoms with Crippen molar-refractivity contribution in [3.63, 3.8) is 0 Å². The van der Waals surface area contributed by atoms with Crippen molar-refractivity contribution in [3.05, 3.63) is 65.2 Å². The molecule has 0 fully saturated rings. The summed E-state index contributed by atoms with van der Waals surface area (Å²) < 4.78 is 24.7. The van der Waals surface area contributed by atoms with E-state index < -0.39 is 27.5 Å². The van der Waals surface area contributed by atoms with Crippen LogP contribution in [0.15, 0.2) is 53.4 Å². The highest BCUT2D eigenvalue weighted by atomic mass is 32.2. The largest absolute Gasteiger partial charge is 0.478 e. The third-order valence-corrected chi connectivity index (χ3v) is 4.73. The normalized spacial score (nSPS) is 11.1. The fourth-order valence-electron chi connectivity index (χ4n) is 2.04. The molecule has 0 saturated heterocycles. The molecule has 0 aliphatic carbocycles. The summed E-state index contributed by atoms with van der Waals surface area (Å²) in [4.78, 5) is 22.5. The quantitative estimate of drug-likeness (QED) is 0.873. The van der Waals surface area contributed by atoms with E-state index in [1.165, 1.54) is 42.5 Å². The summed E-state index contributed by atoms with van der Waals surface area (Å²) in [5, 5.41) is 18.3. The van der Waals surface area contributed by atoms with Gasteiger partial charge in [0.15, 0.2) is 9.84 Å². The lowest BCUT2D eigenvalue weighted by Gasteiger charge is -2.10. The smallest absolute Gasteiger partial charge is 0.336 e. The maximum absolute atomic E-state index is 12.4. The Morgan fingerprint density at radius 2 is 1.32 bits per heavy atom. The minimum atomic E-state index is -3.85.